The number of carbonyl (C=O) groups is 1. The van der Waals surface area contributed by atoms with Crippen LogP contribution in [-0.4, -0.2) is 11.9 Å². The monoisotopic (exact) mass is 282 g/mol. The maximum Gasteiger partial charge on any atom is 0.167 e. The third-order valence-corrected chi connectivity index (χ3v) is 3.40. The molecule has 0 aliphatic heterocycles. The van der Waals surface area contributed by atoms with Crippen LogP contribution in [0.25, 0.3) is 0 Å². The zero-order valence-electron chi connectivity index (χ0n) is 13.1. The molecule has 0 radical (unpaired) electrons. The minimum Gasteiger partial charge on any atom is -0.491 e. The van der Waals surface area contributed by atoms with Gasteiger partial charge in [0.15, 0.2) is 5.78 Å². The summed E-state index contributed by atoms with van der Waals surface area (Å²) in [5.41, 5.74) is 4.17. The average molecular weight is 282 g/mol. The van der Waals surface area contributed by atoms with Gasteiger partial charge in [-0.1, -0.05) is 23.8 Å². The number of aryl methyl sites for hydroxylation is 2. The Bertz CT molecular complexity index is 625. The Hall–Kier alpha value is -2.09. The summed E-state index contributed by atoms with van der Waals surface area (Å²) in [6.45, 7) is 8.06. The molecule has 2 aromatic carbocycles. The van der Waals surface area contributed by atoms with Crippen LogP contribution >= 0.6 is 0 Å². The molecule has 0 aliphatic rings. The number of rotatable bonds is 5. The zero-order valence-corrected chi connectivity index (χ0v) is 13.1. The second kappa shape index (κ2) is 6.57. The molecule has 0 saturated heterocycles. The molecule has 0 saturated carbocycles. The number of ketones is 1. The van der Waals surface area contributed by atoms with Gasteiger partial charge < -0.3 is 4.74 Å². The van der Waals surface area contributed by atoms with Crippen LogP contribution in [0, 0.1) is 13.8 Å². The smallest absolute Gasteiger partial charge is 0.167 e. The van der Waals surface area contributed by atoms with E-state index in [4.69, 9.17) is 4.74 Å². The van der Waals surface area contributed by atoms with E-state index in [2.05, 4.69) is 18.2 Å². The molecule has 0 amide bonds. The van der Waals surface area contributed by atoms with Crippen molar-refractivity contribution >= 4 is 5.78 Å². The van der Waals surface area contributed by atoms with Crippen molar-refractivity contribution in [3.05, 3.63) is 64.7 Å². The molecule has 2 heteroatoms. The molecule has 2 aromatic rings. The predicted molar refractivity (Wildman–Crippen MR) is 86.2 cm³/mol. The average Bonchev–Trinajstić information content (AvgIpc) is 2.43. The summed E-state index contributed by atoms with van der Waals surface area (Å²) in [4.78, 5) is 12.4. The maximum atomic E-state index is 12.4. The summed E-state index contributed by atoms with van der Waals surface area (Å²) in [6.07, 6.45) is 0.583. The van der Waals surface area contributed by atoms with Crippen LogP contribution in [0.2, 0.25) is 0 Å². The standard InChI is InChI=1S/C19H22O2/c1-13(2)21-18-9-7-16(8-10-18)19(20)12-17-11-14(3)5-6-15(17)4/h5-11,13H,12H2,1-4H3. The van der Waals surface area contributed by atoms with E-state index in [-0.39, 0.29) is 11.9 Å². The van der Waals surface area contributed by atoms with Gasteiger partial charge in [-0.15, -0.1) is 0 Å². The third-order valence-electron chi connectivity index (χ3n) is 3.40. The Labute approximate surface area is 126 Å². The largest absolute Gasteiger partial charge is 0.491 e. The number of benzene rings is 2. The lowest BCUT2D eigenvalue weighted by Gasteiger charge is -2.10. The first-order valence-corrected chi connectivity index (χ1v) is 7.32. The van der Waals surface area contributed by atoms with Gasteiger partial charge in [-0.05, 0) is 63.1 Å². The fourth-order valence-corrected chi connectivity index (χ4v) is 2.26. The van der Waals surface area contributed by atoms with E-state index < -0.39 is 0 Å². The first-order chi connectivity index (χ1) is 9.95. The zero-order chi connectivity index (χ0) is 15.4. The Morgan fingerprint density at radius 1 is 1.05 bits per heavy atom. The van der Waals surface area contributed by atoms with Gasteiger partial charge in [-0.3, -0.25) is 4.79 Å². The number of hydrogen-bond donors (Lipinski definition) is 0. The molecule has 0 spiro atoms. The highest BCUT2D eigenvalue weighted by Crippen LogP contribution is 2.17. The third kappa shape index (κ3) is 4.19. The molecule has 110 valence electrons. The number of Topliss-reactive ketones (excluding diaryl/α,β-unsaturated/α-hetero) is 1. The maximum absolute atomic E-state index is 12.4. The van der Waals surface area contributed by atoms with Gasteiger partial charge in [0, 0.05) is 12.0 Å². The highest BCUT2D eigenvalue weighted by molar-refractivity contribution is 5.97. The van der Waals surface area contributed by atoms with Gasteiger partial charge in [0.05, 0.1) is 6.10 Å². The van der Waals surface area contributed by atoms with Gasteiger partial charge in [-0.25, -0.2) is 0 Å². The molecule has 0 aliphatic carbocycles. The van der Waals surface area contributed by atoms with Gasteiger partial charge in [0.2, 0.25) is 0 Å². The minimum absolute atomic E-state index is 0.139. The normalized spacial score (nSPS) is 10.7. The molecule has 0 N–H and O–H groups in total. The van der Waals surface area contributed by atoms with E-state index in [1.165, 1.54) is 5.56 Å². The lowest BCUT2D eigenvalue weighted by Crippen LogP contribution is -2.07. The van der Waals surface area contributed by atoms with Crippen LogP contribution in [0.5, 0.6) is 5.75 Å². The summed E-state index contributed by atoms with van der Waals surface area (Å²) in [7, 11) is 0. The molecule has 0 bridgehead atoms. The van der Waals surface area contributed by atoms with Gasteiger partial charge in [0.25, 0.3) is 0 Å². The van der Waals surface area contributed by atoms with E-state index >= 15 is 0 Å². The van der Waals surface area contributed by atoms with E-state index in [0.29, 0.717) is 6.42 Å². The molecule has 2 nitrogen and oxygen atoms in total. The lowest BCUT2D eigenvalue weighted by molar-refractivity contribution is 0.0992. The SMILES string of the molecule is Cc1ccc(C)c(CC(=O)c2ccc(OC(C)C)cc2)c1. The van der Waals surface area contributed by atoms with Gasteiger partial charge >= 0.3 is 0 Å². The summed E-state index contributed by atoms with van der Waals surface area (Å²) in [5, 5.41) is 0. The predicted octanol–water partition coefficient (Wildman–Crippen LogP) is 4.52. The molecule has 21 heavy (non-hydrogen) atoms. The molecule has 0 fully saturated rings. The summed E-state index contributed by atoms with van der Waals surface area (Å²) < 4.78 is 5.59. The number of carbonyl (C=O) groups excluding carboxylic acids is 1. The molecule has 0 aromatic heterocycles. The van der Waals surface area contributed by atoms with Crippen molar-refractivity contribution in [2.24, 2.45) is 0 Å². The van der Waals surface area contributed by atoms with E-state index in [1.54, 1.807) is 0 Å². The molecular formula is C19H22O2. The van der Waals surface area contributed by atoms with E-state index in [0.717, 1.165) is 22.4 Å². The minimum atomic E-state index is 0.139. The van der Waals surface area contributed by atoms with Crippen molar-refractivity contribution in [2.45, 2.75) is 40.2 Å². The topological polar surface area (TPSA) is 26.3 Å². The summed E-state index contributed by atoms with van der Waals surface area (Å²) in [6, 6.07) is 13.6. The number of hydrogen-bond acceptors (Lipinski definition) is 2. The lowest BCUT2D eigenvalue weighted by atomic mass is 9.98. The molecule has 0 unspecified atom stereocenters. The van der Waals surface area contributed by atoms with Crippen LogP contribution in [0.15, 0.2) is 42.5 Å². The Balaban J connectivity index is 2.11. The van der Waals surface area contributed by atoms with Crippen molar-refractivity contribution in [2.75, 3.05) is 0 Å². The molecular weight excluding hydrogens is 260 g/mol. The molecule has 0 heterocycles. The van der Waals surface area contributed by atoms with Gasteiger partial charge in [-0.2, -0.15) is 0 Å². The highest BCUT2D eigenvalue weighted by atomic mass is 16.5. The first kappa shape index (κ1) is 15.3. The first-order valence-electron chi connectivity index (χ1n) is 7.32. The van der Waals surface area contributed by atoms with Crippen molar-refractivity contribution in [1.82, 2.24) is 0 Å². The van der Waals surface area contributed by atoms with Crippen LogP contribution in [0.1, 0.15) is 40.9 Å². The van der Waals surface area contributed by atoms with Crippen LogP contribution in [0.3, 0.4) is 0 Å². The Kier molecular flexibility index (Phi) is 4.79. The quantitative estimate of drug-likeness (QED) is 0.754. The highest BCUT2D eigenvalue weighted by Gasteiger charge is 2.09. The molecule has 0 atom stereocenters. The summed E-state index contributed by atoms with van der Waals surface area (Å²) in [5.74, 6) is 0.938. The molecule has 2 rings (SSSR count). The second-order valence-corrected chi connectivity index (χ2v) is 5.72. The van der Waals surface area contributed by atoms with Crippen molar-refractivity contribution < 1.29 is 9.53 Å². The Morgan fingerprint density at radius 3 is 2.33 bits per heavy atom. The van der Waals surface area contributed by atoms with Gasteiger partial charge in [0.1, 0.15) is 5.75 Å². The number of ether oxygens (including phenoxy) is 1. The van der Waals surface area contributed by atoms with Crippen LogP contribution in [0.4, 0.5) is 0 Å². The van der Waals surface area contributed by atoms with Crippen molar-refractivity contribution in [3.63, 3.8) is 0 Å². The van der Waals surface area contributed by atoms with Crippen molar-refractivity contribution in [3.8, 4) is 5.75 Å². The van der Waals surface area contributed by atoms with Crippen molar-refractivity contribution in [1.29, 1.82) is 0 Å². The van der Waals surface area contributed by atoms with Crippen LogP contribution in [-0.2, 0) is 6.42 Å². The van der Waals surface area contributed by atoms with E-state index in [1.807, 2.05) is 52.0 Å². The fourth-order valence-electron chi connectivity index (χ4n) is 2.26. The Morgan fingerprint density at radius 2 is 1.71 bits per heavy atom. The van der Waals surface area contributed by atoms with E-state index in [9.17, 15) is 4.79 Å². The summed E-state index contributed by atoms with van der Waals surface area (Å²) >= 11 is 0. The van der Waals surface area contributed by atoms with Crippen LogP contribution < -0.4 is 4.74 Å². The second-order valence-electron chi connectivity index (χ2n) is 5.72. The fraction of sp³-hybridized carbons (Fsp3) is 0.316.